The lowest BCUT2D eigenvalue weighted by molar-refractivity contribution is -0.145. The van der Waals surface area contributed by atoms with E-state index in [0.29, 0.717) is 38.7 Å². The number of ether oxygens (including phenoxy) is 3. The van der Waals surface area contributed by atoms with E-state index in [1.807, 2.05) is 48.5 Å². The summed E-state index contributed by atoms with van der Waals surface area (Å²) >= 11 is 13.2. The van der Waals surface area contributed by atoms with Crippen molar-refractivity contribution >= 4 is 35.1 Å². The minimum Gasteiger partial charge on any atom is -0.464 e. The molecule has 0 radical (unpaired) electrons. The summed E-state index contributed by atoms with van der Waals surface area (Å²) < 4.78 is 15.5. The summed E-state index contributed by atoms with van der Waals surface area (Å²) in [6, 6.07) is 16.1. The fourth-order valence-corrected chi connectivity index (χ4v) is 10.8. The van der Waals surface area contributed by atoms with Gasteiger partial charge in [-0.3, -0.25) is 14.5 Å². The zero-order valence-electron chi connectivity index (χ0n) is 41.6. The van der Waals surface area contributed by atoms with Crippen molar-refractivity contribution in [1.29, 1.82) is 0 Å². The molecule has 2 aliphatic carbocycles. The van der Waals surface area contributed by atoms with Crippen LogP contribution >= 0.6 is 23.2 Å². The molecule has 1 aliphatic heterocycles. The van der Waals surface area contributed by atoms with Crippen molar-refractivity contribution in [2.24, 2.45) is 11.8 Å². The summed E-state index contributed by atoms with van der Waals surface area (Å²) in [6.07, 6.45) is 21.3. The smallest absolute Gasteiger partial charge is 0.305 e. The third-order valence-electron chi connectivity index (χ3n) is 14.0. The molecule has 5 rings (SSSR count). The molecule has 3 fully saturated rings. The Bertz CT molecular complexity index is 1760. The molecule has 11 nitrogen and oxygen atoms in total. The Labute approximate surface area is 423 Å². The number of unbranched alkanes of at least 4 members (excludes halogenated alkanes) is 6. The summed E-state index contributed by atoms with van der Waals surface area (Å²) in [5.74, 6) is -0.176. The van der Waals surface area contributed by atoms with Gasteiger partial charge in [0.05, 0.1) is 44.2 Å². The highest BCUT2D eigenvalue weighted by molar-refractivity contribution is 6.21. The van der Waals surface area contributed by atoms with Gasteiger partial charge in [-0.05, 0) is 98.3 Å². The number of carbonyl (C=O) groups is 2. The minimum absolute atomic E-state index is 0.0140. The zero-order valence-corrected chi connectivity index (χ0v) is 43.1. The Hall–Kier alpha value is -2.84. The second-order valence-electron chi connectivity index (χ2n) is 19.2. The Balaban J connectivity index is 0.000000304. The Morgan fingerprint density at radius 3 is 1.52 bits per heavy atom. The molecule has 3 aliphatic rings. The molecule has 0 spiro atoms. The second kappa shape index (κ2) is 33.7. The first kappa shape index (κ1) is 58.7. The van der Waals surface area contributed by atoms with E-state index in [2.05, 4.69) is 43.1 Å². The number of benzene rings is 2. The van der Waals surface area contributed by atoms with Gasteiger partial charge in [-0.2, -0.15) is 0 Å². The molecule has 0 aromatic heterocycles. The quantitative estimate of drug-likeness (QED) is 0.0228. The van der Waals surface area contributed by atoms with Gasteiger partial charge < -0.3 is 39.7 Å². The van der Waals surface area contributed by atoms with Gasteiger partial charge in [-0.25, -0.2) is 0 Å². The summed E-state index contributed by atoms with van der Waals surface area (Å²) in [6.45, 7) is 8.73. The molecule has 13 heteroatoms. The Morgan fingerprint density at radius 1 is 0.667 bits per heavy atom. The topological polar surface area (TPSA) is 166 Å². The molecular weight excluding hydrogens is 918 g/mol. The second-order valence-corrected chi connectivity index (χ2v) is 20.3. The number of rotatable bonds is 29. The molecule has 0 bridgehead atoms. The maximum Gasteiger partial charge on any atom is 0.305 e. The lowest BCUT2D eigenvalue weighted by Gasteiger charge is -2.26. The van der Waals surface area contributed by atoms with Gasteiger partial charge in [-0.1, -0.05) is 125 Å². The van der Waals surface area contributed by atoms with Crippen molar-refractivity contribution < 1.29 is 49.3 Å². The van der Waals surface area contributed by atoms with Gasteiger partial charge >= 0.3 is 11.9 Å². The summed E-state index contributed by atoms with van der Waals surface area (Å²) in [5, 5.41) is 50.7. The van der Waals surface area contributed by atoms with E-state index in [-0.39, 0.29) is 59.6 Å². The first-order valence-electron chi connectivity index (χ1n) is 26.2. The molecule has 1 saturated heterocycles. The van der Waals surface area contributed by atoms with Crippen LogP contribution in [0.1, 0.15) is 176 Å². The largest absolute Gasteiger partial charge is 0.464 e. The summed E-state index contributed by atoms with van der Waals surface area (Å²) in [4.78, 5) is 25.7. The minimum atomic E-state index is -0.475. The fourth-order valence-electron chi connectivity index (χ4n) is 9.93. The van der Waals surface area contributed by atoms with E-state index in [1.54, 1.807) is 0 Å². The van der Waals surface area contributed by atoms with Crippen LogP contribution in [0.3, 0.4) is 0 Å². The highest BCUT2D eigenvalue weighted by Gasteiger charge is 2.42. The predicted molar refractivity (Wildman–Crippen MR) is 276 cm³/mol. The van der Waals surface area contributed by atoms with E-state index in [4.69, 9.17) is 42.5 Å². The number of esters is 2. The zero-order chi connectivity index (χ0) is 49.8. The van der Waals surface area contributed by atoms with Crippen LogP contribution < -0.4 is 0 Å². The number of alkyl halides is 2. The van der Waals surface area contributed by atoms with Crippen molar-refractivity contribution in [1.82, 2.24) is 4.90 Å². The van der Waals surface area contributed by atoms with Crippen LogP contribution in [0, 0.1) is 11.8 Å². The third kappa shape index (κ3) is 21.0. The number of allylic oxidation sites excluding steroid dienone is 4. The van der Waals surface area contributed by atoms with Crippen molar-refractivity contribution in [3.8, 4) is 0 Å². The number of morpholine rings is 1. The van der Waals surface area contributed by atoms with Crippen LogP contribution in [0.5, 0.6) is 0 Å². The van der Waals surface area contributed by atoms with Crippen LogP contribution in [-0.2, 0) is 23.8 Å². The van der Waals surface area contributed by atoms with Crippen molar-refractivity contribution in [2.75, 3.05) is 52.7 Å². The molecule has 2 unspecified atom stereocenters. The molecule has 0 amide bonds. The van der Waals surface area contributed by atoms with Crippen LogP contribution in [-0.4, -0.2) is 118 Å². The van der Waals surface area contributed by atoms with E-state index in [0.717, 1.165) is 139 Å². The number of hydrogen-bond donors (Lipinski definition) is 5. The van der Waals surface area contributed by atoms with Crippen LogP contribution in [0.2, 0.25) is 0 Å². The molecule has 69 heavy (non-hydrogen) atoms. The number of aliphatic hydroxyl groups is 5. The molecule has 10 atom stereocenters. The van der Waals surface area contributed by atoms with E-state index in [9.17, 15) is 30.0 Å². The lowest BCUT2D eigenvalue weighted by atomic mass is 9.84. The molecule has 2 saturated carbocycles. The first-order valence-corrected chi connectivity index (χ1v) is 27.1. The van der Waals surface area contributed by atoms with Gasteiger partial charge in [0.2, 0.25) is 0 Å². The lowest BCUT2D eigenvalue weighted by Crippen LogP contribution is -2.38. The average Bonchev–Trinajstić information content (AvgIpc) is 3.80. The maximum absolute atomic E-state index is 12.0. The Kier molecular flexibility index (Phi) is 28.7. The van der Waals surface area contributed by atoms with E-state index >= 15 is 0 Å². The number of halogens is 2. The highest BCUT2D eigenvalue weighted by atomic mass is 35.5. The van der Waals surface area contributed by atoms with Crippen LogP contribution in [0.4, 0.5) is 0 Å². The Morgan fingerprint density at radius 2 is 1.10 bits per heavy atom. The van der Waals surface area contributed by atoms with Crippen LogP contribution in [0.25, 0.3) is 0 Å². The number of nitrogens with zero attached hydrogens (tertiary/aromatic N) is 1. The van der Waals surface area contributed by atoms with Gasteiger partial charge in [0, 0.05) is 55.1 Å². The van der Waals surface area contributed by atoms with Crippen molar-refractivity contribution in [3.05, 3.63) is 95.1 Å². The predicted octanol–water partition coefficient (Wildman–Crippen LogP) is 10.4. The normalized spacial score (nSPS) is 24.9. The van der Waals surface area contributed by atoms with Gasteiger partial charge in [0.25, 0.3) is 0 Å². The van der Waals surface area contributed by atoms with E-state index < -0.39 is 24.4 Å². The molecule has 2 aromatic rings. The molecule has 1 heterocycles. The highest BCUT2D eigenvalue weighted by Crippen LogP contribution is 2.46. The summed E-state index contributed by atoms with van der Waals surface area (Å²) in [5.41, 5.74) is 4.01. The van der Waals surface area contributed by atoms with Gasteiger partial charge in [0.15, 0.2) is 0 Å². The number of aliphatic hydroxyl groups excluding tert-OH is 5. The number of hydrogen-bond acceptors (Lipinski definition) is 11. The average molecular weight is 1000 g/mol. The maximum atomic E-state index is 12.0. The summed E-state index contributed by atoms with van der Waals surface area (Å²) in [7, 11) is 0. The van der Waals surface area contributed by atoms with Gasteiger partial charge in [0.1, 0.15) is 13.2 Å². The third-order valence-corrected chi connectivity index (χ3v) is 15.0. The standard InChI is InChI=1S/C30H46ClNO5.C26H39ClO5/c1-2-3-6-10-27(33)23-12-14-24(15-13-23)30-25(26(31)22-28(30)34)9-7-4-5-8-11-29(35)37-21-18-32-16-19-36-20-17-32;1-2-3-6-10-23(29)19-12-14-20(15-13-19)26-21(22(27)18-24(26)30)9-7-4-5-8-11-25(31)32-17-16-28/h4,7,12-15,25-28,30,33-34H,2-3,5-6,8-11,16-22H2,1H3;4,7,12-15,21-24,26,28-30H,2-3,5-6,8-11,16-18H2,1H3/b2*7-4-/t25-,26+,27?,28+,30+;21-,22+,23?,24+,26+/m00/s1. The van der Waals surface area contributed by atoms with Gasteiger partial charge in [-0.15, -0.1) is 23.2 Å². The van der Waals surface area contributed by atoms with Crippen molar-refractivity contribution in [3.63, 3.8) is 0 Å². The fraction of sp³-hybridized carbons (Fsp3) is 0.679. The van der Waals surface area contributed by atoms with E-state index in [1.165, 1.54) is 0 Å². The molecule has 2 aromatic carbocycles. The number of carbonyl (C=O) groups excluding carboxylic acids is 2. The SMILES string of the molecule is CCCCCC(O)c1ccc([C@@H]2[C@@H](C/C=C\CCCC(=O)OCCN3CCOCC3)[C@H](Cl)C[C@H]2O)cc1.CCCCCC(O)c1ccc([C@@H]2[C@@H](C/C=C\CCCC(=O)OCCO)[C@H](Cl)C[C@H]2O)cc1. The molecule has 388 valence electrons. The first-order chi connectivity index (χ1) is 33.5. The molecular formula is C56H85Cl2NO10. The molecule has 5 N–H and O–H groups in total. The van der Waals surface area contributed by atoms with Crippen molar-refractivity contribution in [2.45, 2.75) is 176 Å². The van der Waals surface area contributed by atoms with Crippen LogP contribution in [0.15, 0.2) is 72.8 Å². The monoisotopic (exact) mass is 1000 g/mol.